The quantitative estimate of drug-likeness (QED) is 0.677. The van der Waals surface area contributed by atoms with Gasteiger partial charge in [-0.2, -0.15) is 0 Å². The van der Waals surface area contributed by atoms with Gasteiger partial charge >= 0.3 is 0 Å². The van der Waals surface area contributed by atoms with Crippen LogP contribution in [0.4, 0.5) is 0 Å². The first-order valence-corrected chi connectivity index (χ1v) is 7.12. The fraction of sp³-hybridized carbons (Fsp3) is 0.400. The van der Waals surface area contributed by atoms with E-state index in [1.54, 1.807) is 24.3 Å². The number of rotatable bonds is 3. The van der Waals surface area contributed by atoms with Gasteiger partial charge in [0.2, 0.25) is 10.0 Å². The number of benzene rings is 1. The van der Waals surface area contributed by atoms with Crippen molar-refractivity contribution in [3.05, 3.63) is 29.8 Å². The summed E-state index contributed by atoms with van der Waals surface area (Å²) in [6, 6.07) is 6.71. The van der Waals surface area contributed by atoms with Crippen LogP contribution in [0.25, 0.3) is 0 Å². The Hall–Kier alpha value is -0.140. The molecule has 84 valence electrons. The van der Waals surface area contributed by atoms with Crippen molar-refractivity contribution in [3.63, 3.8) is 0 Å². The summed E-state index contributed by atoms with van der Waals surface area (Å²) < 4.78 is 22.2. The second-order valence-electron chi connectivity index (χ2n) is 4.08. The third kappa shape index (κ3) is 4.48. The van der Waals surface area contributed by atoms with E-state index in [1.165, 1.54) is 0 Å². The Morgan fingerprint density at radius 2 is 1.73 bits per heavy atom. The van der Waals surface area contributed by atoms with Crippen LogP contribution in [0.1, 0.15) is 19.4 Å². The van der Waals surface area contributed by atoms with Gasteiger partial charge in [-0.3, -0.25) is 0 Å². The van der Waals surface area contributed by atoms with Crippen molar-refractivity contribution in [2.45, 2.75) is 28.6 Å². The van der Waals surface area contributed by atoms with Crippen molar-refractivity contribution in [1.29, 1.82) is 0 Å². The van der Waals surface area contributed by atoms with Crippen LogP contribution < -0.4 is 5.14 Å². The maximum atomic E-state index is 11.0. The first kappa shape index (κ1) is 12.9. The van der Waals surface area contributed by atoms with E-state index in [2.05, 4.69) is 36.4 Å². The summed E-state index contributed by atoms with van der Waals surface area (Å²) in [5.74, 6) is 0. The fourth-order valence-electron chi connectivity index (χ4n) is 1.28. The maximum absolute atomic E-state index is 11.0. The van der Waals surface area contributed by atoms with Gasteiger partial charge in [-0.15, -0.1) is 0 Å². The smallest absolute Gasteiger partial charge is 0.225 e. The SMILES string of the molecule is CC(C)(I)Cc1ccc(S(N)(=O)=O)cc1. The van der Waals surface area contributed by atoms with E-state index in [4.69, 9.17) is 5.14 Å². The first-order valence-electron chi connectivity index (χ1n) is 4.49. The van der Waals surface area contributed by atoms with Crippen molar-refractivity contribution >= 4 is 32.6 Å². The van der Waals surface area contributed by atoms with E-state index >= 15 is 0 Å². The van der Waals surface area contributed by atoms with Crippen LogP contribution in [-0.2, 0) is 16.4 Å². The molecule has 2 N–H and O–H groups in total. The van der Waals surface area contributed by atoms with Crippen LogP contribution in [0, 0.1) is 0 Å². The van der Waals surface area contributed by atoms with Crippen molar-refractivity contribution in [2.24, 2.45) is 5.14 Å². The summed E-state index contributed by atoms with van der Waals surface area (Å²) in [5.41, 5.74) is 1.11. The van der Waals surface area contributed by atoms with E-state index in [0.29, 0.717) is 0 Å². The normalized spacial score (nSPS) is 12.8. The lowest BCUT2D eigenvalue weighted by molar-refractivity contribution is 0.597. The molecule has 0 saturated carbocycles. The third-order valence-corrected chi connectivity index (χ3v) is 3.19. The molecule has 0 atom stereocenters. The summed E-state index contributed by atoms with van der Waals surface area (Å²) in [5, 5.41) is 5.00. The molecule has 0 saturated heterocycles. The minimum absolute atomic E-state index is 0.164. The number of alkyl halides is 1. The molecule has 0 aliphatic rings. The largest absolute Gasteiger partial charge is 0.238 e. The van der Waals surface area contributed by atoms with Gasteiger partial charge in [0.25, 0.3) is 0 Å². The Labute approximate surface area is 104 Å². The van der Waals surface area contributed by atoms with Crippen molar-refractivity contribution in [2.75, 3.05) is 0 Å². The molecule has 15 heavy (non-hydrogen) atoms. The number of sulfonamides is 1. The minimum Gasteiger partial charge on any atom is -0.225 e. The Morgan fingerprint density at radius 3 is 2.07 bits per heavy atom. The minimum atomic E-state index is -3.57. The highest BCUT2D eigenvalue weighted by Crippen LogP contribution is 2.23. The predicted octanol–water partition coefficient (Wildman–Crippen LogP) is 2.09. The second-order valence-corrected chi connectivity index (χ2v) is 8.57. The topological polar surface area (TPSA) is 60.2 Å². The van der Waals surface area contributed by atoms with Crippen molar-refractivity contribution < 1.29 is 8.42 Å². The molecule has 0 heterocycles. The molecule has 0 aromatic heterocycles. The number of nitrogens with two attached hydrogens (primary N) is 1. The molecule has 3 nitrogen and oxygen atoms in total. The van der Waals surface area contributed by atoms with Crippen LogP contribution in [0.5, 0.6) is 0 Å². The molecule has 0 amide bonds. The van der Waals surface area contributed by atoms with E-state index < -0.39 is 10.0 Å². The molecule has 1 rings (SSSR count). The Morgan fingerprint density at radius 1 is 1.27 bits per heavy atom. The number of hydrogen-bond donors (Lipinski definition) is 1. The monoisotopic (exact) mass is 339 g/mol. The molecule has 1 aromatic rings. The fourth-order valence-corrected chi connectivity index (χ4v) is 2.24. The highest BCUT2D eigenvalue weighted by molar-refractivity contribution is 14.1. The molecule has 0 unspecified atom stereocenters. The highest BCUT2D eigenvalue weighted by atomic mass is 127. The zero-order chi connectivity index (χ0) is 11.7. The predicted molar refractivity (Wildman–Crippen MR) is 69.6 cm³/mol. The van der Waals surface area contributed by atoms with Gasteiger partial charge in [0, 0.05) is 3.42 Å². The lowest BCUT2D eigenvalue weighted by Crippen LogP contribution is -2.14. The van der Waals surface area contributed by atoms with Crippen LogP contribution in [0.15, 0.2) is 29.2 Å². The molecule has 0 aliphatic carbocycles. The molecule has 0 spiro atoms. The molecule has 5 heteroatoms. The van der Waals surface area contributed by atoms with Gasteiger partial charge in [-0.05, 0) is 24.1 Å². The van der Waals surface area contributed by atoms with E-state index in [-0.39, 0.29) is 8.32 Å². The van der Waals surface area contributed by atoms with Gasteiger partial charge in [0.1, 0.15) is 0 Å². The van der Waals surface area contributed by atoms with Crippen LogP contribution in [0.3, 0.4) is 0 Å². The van der Waals surface area contributed by atoms with E-state index in [1.807, 2.05) is 0 Å². The number of halogens is 1. The summed E-state index contributed by atoms with van der Waals surface area (Å²) in [6.07, 6.45) is 0.901. The van der Waals surface area contributed by atoms with Crippen molar-refractivity contribution in [3.8, 4) is 0 Å². The van der Waals surface area contributed by atoms with Crippen LogP contribution in [-0.4, -0.2) is 11.8 Å². The molecular weight excluding hydrogens is 325 g/mol. The molecular formula is C10H14INO2S. The summed E-state index contributed by atoms with van der Waals surface area (Å²) in [4.78, 5) is 0.164. The zero-order valence-electron chi connectivity index (χ0n) is 8.70. The standard InChI is InChI=1S/C10H14INO2S/c1-10(2,11)7-8-3-5-9(6-4-8)15(12,13)14/h3-6H,7H2,1-2H3,(H2,12,13,14). The third-order valence-electron chi connectivity index (χ3n) is 1.88. The molecule has 0 aliphatic heterocycles. The number of primary sulfonamides is 1. The maximum Gasteiger partial charge on any atom is 0.238 e. The zero-order valence-corrected chi connectivity index (χ0v) is 11.7. The van der Waals surface area contributed by atoms with Gasteiger partial charge in [-0.25, -0.2) is 13.6 Å². The lowest BCUT2D eigenvalue weighted by atomic mass is 10.0. The molecule has 0 bridgehead atoms. The molecule has 1 aromatic carbocycles. The summed E-state index contributed by atoms with van der Waals surface area (Å²) in [6.45, 7) is 4.25. The van der Waals surface area contributed by atoms with E-state index in [9.17, 15) is 8.42 Å². The average Bonchev–Trinajstić information content (AvgIpc) is 2.00. The van der Waals surface area contributed by atoms with Gasteiger partial charge < -0.3 is 0 Å². The van der Waals surface area contributed by atoms with Gasteiger partial charge in [0.15, 0.2) is 0 Å². The lowest BCUT2D eigenvalue weighted by Gasteiger charge is -2.15. The molecule has 0 fully saturated rings. The van der Waals surface area contributed by atoms with Gasteiger partial charge in [-0.1, -0.05) is 48.6 Å². The number of hydrogen-bond acceptors (Lipinski definition) is 2. The highest BCUT2D eigenvalue weighted by Gasteiger charge is 2.14. The Kier molecular flexibility index (Phi) is 3.78. The Bertz CT molecular complexity index is 431. The van der Waals surface area contributed by atoms with Crippen LogP contribution in [0.2, 0.25) is 0 Å². The van der Waals surface area contributed by atoms with Gasteiger partial charge in [0.05, 0.1) is 4.90 Å². The average molecular weight is 339 g/mol. The van der Waals surface area contributed by atoms with Crippen molar-refractivity contribution in [1.82, 2.24) is 0 Å². The van der Waals surface area contributed by atoms with E-state index in [0.717, 1.165) is 12.0 Å². The summed E-state index contributed by atoms with van der Waals surface area (Å²) in [7, 11) is -3.57. The first-order chi connectivity index (χ1) is 6.68. The van der Waals surface area contributed by atoms with Crippen LogP contribution >= 0.6 is 22.6 Å². The molecule has 0 radical (unpaired) electrons. The summed E-state index contributed by atoms with van der Waals surface area (Å²) >= 11 is 2.36. The second kappa shape index (κ2) is 4.39. The Balaban J connectivity index is 2.92.